The van der Waals surface area contributed by atoms with Gasteiger partial charge in [0.25, 0.3) is 5.91 Å². The molecule has 1 saturated heterocycles. The molecule has 1 aliphatic heterocycles. The summed E-state index contributed by atoms with van der Waals surface area (Å²) in [6.07, 6.45) is 0.964. The van der Waals surface area contributed by atoms with Crippen LogP contribution in [0.1, 0.15) is 27.9 Å². The number of ether oxygens (including phenoxy) is 2. The molecule has 0 bridgehead atoms. The summed E-state index contributed by atoms with van der Waals surface area (Å²) >= 11 is 0. The standard InChI is InChI=1S/C19H22N2O3/c1-13-6-7-14(18(10-13)24-15-8-9-23-12-15)11-21-19(22)16-4-2-3-5-17(16)20/h2-7,10,15H,8-9,11-12,20H2,1H3,(H,21,22). The Balaban J connectivity index is 1.70. The molecule has 0 radical (unpaired) electrons. The molecular formula is C19H22N2O3. The van der Waals surface area contributed by atoms with Crippen molar-refractivity contribution >= 4 is 11.6 Å². The third-order valence-corrected chi connectivity index (χ3v) is 4.05. The fourth-order valence-electron chi connectivity index (χ4n) is 2.68. The fraction of sp³-hybridized carbons (Fsp3) is 0.316. The summed E-state index contributed by atoms with van der Waals surface area (Å²) in [6.45, 7) is 3.75. The second-order valence-electron chi connectivity index (χ2n) is 5.98. The van der Waals surface area contributed by atoms with Gasteiger partial charge in [0.05, 0.1) is 18.8 Å². The zero-order valence-corrected chi connectivity index (χ0v) is 13.7. The number of nitrogens with one attached hydrogen (secondary N) is 1. The quantitative estimate of drug-likeness (QED) is 0.829. The number of hydrogen-bond donors (Lipinski definition) is 2. The smallest absolute Gasteiger partial charge is 0.253 e. The van der Waals surface area contributed by atoms with Crippen LogP contribution in [0.2, 0.25) is 0 Å². The highest BCUT2D eigenvalue weighted by atomic mass is 16.5. The average Bonchev–Trinajstić information content (AvgIpc) is 3.07. The number of nitrogen functional groups attached to an aromatic ring is 1. The van der Waals surface area contributed by atoms with Gasteiger partial charge in [-0.25, -0.2) is 0 Å². The lowest BCUT2D eigenvalue weighted by Gasteiger charge is -2.17. The molecule has 1 aliphatic rings. The zero-order valence-electron chi connectivity index (χ0n) is 13.7. The van der Waals surface area contributed by atoms with E-state index in [0.717, 1.165) is 29.9 Å². The summed E-state index contributed by atoms with van der Waals surface area (Å²) in [5.74, 6) is 0.607. The first-order valence-corrected chi connectivity index (χ1v) is 8.10. The number of nitrogens with two attached hydrogens (primary N) is 1. The van der Waals surface area contributed by atoms with Gasteiger partial charge >= 0.3 is 0 Å². The van der Waals surface area contributed by atoms with Crippen LogP contribution in [-0.4, -0.2) is 25.2 Å². The molecule has 3 rings (SSSR count). The van der Waals surface area contributed by atoms with E-state index >= 15 is 0 Å². The van der Waals surface area contributed by atoms with Gasteiger partial charge in [-0.1, -0.05) is 24.3 Å². The SMILES string of the molecule is Cc1ccc(CNC(=O)c2ccccc2N)c(OC2CCOC2)c1. The van der Waals surface area contributed by atoms with E-state index in [4.69, 9.17) is 15.2 Å². The molecule has 1 fully saturated rings. The first-order chi connectivity index (χ1) is 11.6. The lowest BCUT2D eigenvalue weighted by Crippen LogP contribution is -2.25. The topological polar surface area (TPSA) is 73.6 Å². The fourth-order valence-corrected chi connectivity index (χ4v) is 2.68. The van der Waals surface area contributed by atoms with Gasteiger partial charge in [-0.3, -0.25) is 4.79 Å². The second-order valence-corrected chi connectivity index (χ2v) is 5.98. The second kappa shape index (κ2) is 7.36. The summed E-state index contributed by atoms with van der Waals surface area (Å²) in [6, 6.07) is 13.0. The van der Waals surface area contributed by atoms with Gasteiger partial charge in [0, 0.05) is 24.2 Å². The number of amides is 1. The molecule has 126 valence electrons. The maximum Gasteiger partial charge on any atom is 0.253 e. The predicted octanol–water partition coefficient (Wildman–Crippen LogP) is 2.67. The highest BCUT2D eigenvalue weighted by molar-refractivity contribution is 5.99. The van der Waals surface area contributed by atoms with Crippen LogP contribution in [0.4, 0.5) is 5.69 Å². The van der Waals surface area contributed by atoms with Crippen LogP contribution in [0.5, 0.6) is 5.75 Å². The van der Waals surface area contributed by atoms with E-state index in [-0.39, 0.29) is 12.0 Å². The van der Waals surface area contributed by atoms with Gasteiger partial charge in [0.2, 0.25) is 0 Å². The third kappa shape index (κ3) is 3.86. The number of para-hydroxylation sites is 1. The minimum absolute atomic E-state index is 0.0750. The van der Waals surface area contributed by atoms with Crippen molar-refractivity contribution in [2.75, 3.05) is 18.9 Å². The summed E-state index contributed by atoms with van der Waals surface area (Å²) < 4.78 is 11.4. The predicted molar refractivity (Wildman–Crippen MR) is 93.1 cm³/mol. The Kier molecular flexibility index (Phi) is 5.01. The molecule has 1 unspecified atom stereocenters. The molecule has 1 heterocycles. The molecular weight excluding hydrogens is 304 g/mol. The summed E-state index contributed by atoms with van der Waals surface area (Å²) in [4.78, 5) is 12.3. The van der Waals surface area contributed by atoms with Crippen molar-refractivity contribution in [3.05, 3.63) is 59.2 Å². The van der Waals surface area contributed by atoms with E-state index in [9.17, 15) is 4.79 Å². The van der Waals surface area contributed by atoms with Gasteiger partial charge in [-0.05, 0) is 30.7 Å². The molecule has 0 saturated carbocycles. The number of carbonyl (C=O) groups excluding carboxylic acids is 1. The number of anilines is 1. The molecule has 5 nitrogen and oxygen atoms in total. The van der Waals surface area contributed by atoms with Crippen molar-refractivity contribution in [3.63, 3.8) is 0 Å². The van der Waals surface area contributed by atoms with Gasteiger partial charge in [-0.2, -0.15) is 0 Å². The highest BCUT2D eigenvalue weighted by Crippen LogP contribution is 2.24. The lowest BCUT2D eigenvalue weighted by atomic mass is 10.1. The van der Waals surface area contributed by atoms with E-state index in [1.165, 1.54) is 0 Å². The first kappa shape index (κ1) is 16.3. The average molecular weight is 326 g/mol. The Morgan fingerprint density at radius 3 is 2.92 bits per heavy atom. The summed E-state index contributed by atoms with van der Waals surface area (Å²) in [5.41, 5.74) is 8.86. The monoisotopic (exact) mass is 326 g/mol. The largest absolute Gasteiger partial charge is 0.488 e. The Morgan fingerprint density at radius 1 is 1.33 bits per heavy atom. The van der Waals surface area contributed by atoms with Crippen molar-refractivity contribution in [3.8, 4) is 5.75 Å². The van der Waals surface area contributed by atoms with Crippen LogP contribution in [0.3, 0.4) is 0 Å². The van der Waals surface area contributed by atoms with Crippen LogP contribution >= 0.6 is 0 Å². The van der Waals surface area contributed by atoms with Crippen LogP contribution < -0.4 is 15.8 Å². The minimum Gasteiger partial charge on any atom is -0.488 e. The Hall–Kier alpha value is -2.53. The maximum absolute atomic E-state index is 12.3. The van der Waals surface area contributed by atoms with E-state index in [2.05, 4.69) is 5.32 Å². The maximum atomic E-state index is 12.3. The zero-order chi connectivity index (χ0) is 16.9. The minimum atomic E-state index is -0.191. The number of benzene rings is 2. The molecule has 2 aromatic rings. The van der Waals surface area contributed by atoms with Crippen molar-refractivity contribution in [1.82, 2.24) is 5.32 Å². The highest BCUT2D eigenvalue weighted by Gasteiger charge is 2.19. The van der Waals surface area contributed by atoms with E-state index in [0.29, 0.717) is 24.4 Å². The van der Waals surface area contributed by atoms with E-state index in [1.54, 1.807) is 18.2 Å². The van der Waals surface area contributed by atoms with Gasteiger partial charge in [-0.15, -0.1) is 0 Å². The summed E-state index contributed by atoms with van der Waals surface area (Å²) in [7, 11) is 0. The molecule has 3 N–H and O–H groups in total. The molecule has 0 aromatic heterocycles. The number of rotatable bonds is 5. The van der Waals surface area contributed by atoms with Crippen LogP contribution in [0.25, 0.3) is 0 Å². The molecule has 1 atom stereocenters. The van der Waals surface area contributed by atoms with Crippen molar-refractivity contribution < 1.29 is 14.3 Å². The van der Waals surface area contributed by atoms with Crippen molar-refractivity contribution in [1.29, 1.82) is 0 Å². The molecule has 0 aliphatic carbocycles. The third-order valence-electron chi connectivity index (χ3n) is 4.05. The van der Waals surface area contributed by atoms with E-state index < -0.39 is 0 Å². The normalized spacial score (nSPS) is 16.8. The molecule has 1 amide bonds. The van der Waals surface area contributed by atoms with Crippen LogP contribution in [0.15, 0.2) is 42.5 Å². The van der Waals surface area contributed by atoms with Crippen LogP contribution in [0, 0.1) is 6.92 Å². The lowest BCUT2D eigenvalue weighted by molar-refractivity contribution is 0.0951. The Bertz CT molecular complexity index is 724. The molecule has 0 spiro atoms. The van der Waals surface area contributed by atoms with E-state index in [1.807, 2.05) is 31.2 Å². The Morgan fingerprint density at radius 2 is 2.17 bits per heavy atom. The van der Waals surface area contributed by atoms with Gasteiger partial charge < -0.3 is 20.5 Å². The van der Waals surface area contributed by atoms with Crippen LogP contribution in [-0.2, 0) is 11.3 Å². The first-order valence-electron chi connectivity index (χ1n) is 8.10. The summed E-state index contributed by atoms with van der Waals surface area (Å²) in [5, 5.41) is 2.91. The number of aryl methyl sites for hydroxylation is 1. The van der Waals surface area contributed by atoms with Crippen molar-refractivity contribution in [2.24, 2.45) is 0 Å². The molecule has 2 aromatic carbocycles. The van der Waals surface area contributed by atoms with Gasteiger partial charge in [0.15, 0.2) is 0 Å². The molecule has 24 heavy (non-hydrogen) atoms. The molecule has 5 heteroatoms. The number of carbonyl (C=O) groups is 1. The number of hydrogen-bond acceptors (Lipinski definition) is 4. The Labute approximate surface area is 141 Å². The van der Waals surface area contributed by atoms with Crippen molar-refractivity contribution in [2.45, 2.75) is 26.0 Å². The van der Waals surface area contributed by atoms with Gasteiger partial charge in [0.1, 0.15) is 11.9 Å².